The average molecular weight is 198 g/mol. The number of carbonyl (C=O) groups is 1. The summed E-state index contributed by atoms with van der Waals surface area (Å²) in [6.45, 7) is 1.76. The van der Waals surface area contributed by atoms with Crippen LogP contribution in [0.5, 0.6) is 5.75 Å². The Kier molecular flexibility index (Phi) is 3.06. The fourth-order valence-corrected chi connectivity index (χ4v) is 1.21. The molecule has 1 rings (SSSR count). The Morgan fingerprint density at radius 3 is 2.64 bits per heavy atom. The van der Waals surface area contributed by atoms with E-state index in [2.05, 4.69) is 0 Å². The standard InChI is InChI=1S/C10H11FO3/c1-3-6-4-7(10(12)13)9(14-2)5-8(6)11/h4-5H,3H2,1-2H3,(H,12,13). The third-order valence-corrected chi connectivity index (χ3v) is 1.98. The van der Waals surface area contributed by atoms with Gasteiger partial charge in [0.25, 0.3) is 0 Å². The molecule has 1 aromatic rings. The molecule has 14 heavy (non-hydrogen) atoms. The minimum atomic E-state index is -1.11. The van der Waals surface area contributed by atoms with Gasteiger partial charge in [-0.05, 0) is 18.1 Å². The molecule has 1 aromatic carbocycles. The van der Waals surface area contributed by atoms with E-state index in [0.29, 0.717) is 12.0 Å². The number of carboxylic acid groups (broad SMARTS) is 1. The summed E-state index contributed by atoms with van der Waals surface area (Å²) in [4.78, 5) is 10.8. The Bertz CT molecular complexity index is 361. The molecular formula is C10H11FO3. The molecule has 0 fully saturated rings. The van der Waals surface area contributed by atoms with E-state index in [1.165, 1.54) is 13.2 Å². The molecule has 0 spiro atoms. The van der Waals surface area contributed by atoms with Crippen LogP contribution in [0.2, 0.25) is 0 Å². The van der Waals surface area contributed by atoms with Gasteiger partial charge in [-0.25, -0.2) is 9.18 Å². The zero-order chi connectivity index (χ0) is 10.7. The highest BCUT2D eigenvalue weighted by molar-refractivity contribution is 5.91. The van der Waals surface area contributed by atoms with Crippen LogP contribution in [0.4, 0.5) is 4.39 Å². The molecule has 0 unspecified atom stereocenters. The third-order valence-electron chi connectivity index (χ3n) is 1.98. The van der Waals surface area contributed by atoms with Gasteiger partial charge in [-0.15, -0.1) is 0 Å². The van der Waals surface area contributed by atoms with Gasteiger partial charge in [0.2, 0.25) is 0 Å². The van der Waals surface area contributed by atoms with Gasteiger partial charge in [-0.3, -0.25) is 0 Å². The molecule has 76 valence electrons. The second-order valence-corrected chi connectivity index (χ2v) is 2.80. The second-order valence-electron chi connectivity index (χ2n) is 2.80. The number of methoxy groups -OCH3 is 1. The topological polar surface area (TPSA) is 46.5 Å². The number of hydrogen-bond donors (Lipinski definition) is 1. The molecule has 0 aliphatic carbocycles. The van der Waals surface area contributed by atoms with Crippen molar-refractivity contribution in [1.29, 1.82) is 0 Å². The Labute approximate surface area is 81.1 Å². The van der Waals surface area contributed by atoms with Crippen LogP contribution in [-0.4, -0.2) is 18.2 Å². The second kappa shape index (κ2) is 4.09. The molecule has 0 aliphatic rings. The number of carboxylic acids is 1. The van der Waals surface area contributed by atoms with Gasteiger partial charge < -0.3 is 9.84 Å². The summed E-state index contributed by atoms with van der Waals surface area (Å²) >= 11 is 0. The van der Waals surface area contributed by atoms with Crippen molar-refractivity contribution in [2.75, 3.05) is 7.11 Å². The first kappa shape index (κ1) is 10.5. The van der Waals surface area contributed by atoms with Crippen molar-refractivity contribution in [3.05, 3.63) is 29.1 Å². The molecule has 0 amide bonds. The van der Waals surface area contributed by atoms with E-state index in [-0.39, 0.29) is 11.3 Å². The summed E-state index contributed by atoms with van der Waals surface area (Å²) in [6.07, 6.45) is 0.454. The van der Waals surface area contributed by atoms with E-state index in [4.69, 9.17) is 9.84 Å². The Morgan fingerprint density at radius 1 is 1.57 bits per heavy atom. The summed E-state index contributed by atoms with van der Waals surface area (Å²) in [5.74, 6) is -1.50. The molecule has 0 saturated carbocycles. The van der Waals surface area contributed by atoms with Gasteiger partial charge in [0.15, 0.2) is 0 Å². The lowest BCUT2D eigenvalue weighted by molar-refractivity contribution is 0.0693. The highest BCUT2D eigenvalue weighted by atomic mass is 19.1. The summed E-state index contributed by atoms with van der Waals surface area (Å²) in [6, 6.07) is 2.40. The first-order valence-electron chi connectivity index (χ1n) is 4.19. The first-order valence-corrected chi connectivity index (χ1v) is 4.19. The molecule has 0 bridgehead atoms. The maximum atomic E-state index is 13.2. The van der Waals surface area contributed by atoms with Crippen molar-refractivity contribution in [1.82, 2.24) is 0 Å². The quantitative estimate of drug-likeness (QED) is 0.808. The van der Waals surface area contributed by atoms with Gasteiger partial charge >= 0.3 is 5.97 Å². The minimum absolute atomic E-state index is 0.00856. The maximum Gasteiger partial charge on any atom is 0.339 e. The molecule has 0 radical (unpaired) electrons. The SMILES string of the molecule is CCc1cc(C(=O)O)c(OC)cc1F. The summed E-state index contributed by atoms with van der Waals surface area (Å²) < 4.78 is 18.0. The van der Waals surface area contributed by atoms with Crippen LogP contribution < -0.4 is 4.74 Å². The monoisotopic (exact) mass is 198 g/mol. The fourth-order valence-electron chi connectivity index (χ4n) is 1.21. The Balaban J connectivity index is 3.32. The van der Waals surface area contributed by atoms with Crippen LogP contribution >= 0.6 is 0 Å². The molecule has 0 heterocycles. The minimum Gasteiger partial charge on any atom is -0.496 e. The van der Waals surface area contributed by atoms with Crippen LogP contribution in [0.3, 0.4) is 0 Å². The van der Waals surface area contributed by atoms with E-state index in [0.717, 1.165) is 6.07 Å². The van der Waals surface area contributed by atoms with Crippen LogP contribution in [0.25, 0.3) is 0 Å². The predicted octanol–water partition coefficient (Wildman–Crippen LogP) is 2.09. The average Bonchev–Trinajstić information content (AvgIpc) is 2.16. The molecular weight excluding hydrogens is 187 g/mol. The smallest absolute Gasteiger partial charge is 0.339 e. The molecule has 3 nitrogen and oxygen atoms in total. The fraction of sp³-hybridized carbons (Fsp3) is 0.300. The predicted molar refractivity (Wildman–Crippen MR) is 49.3 cm³/mol. The van der Waals surface area contributed by atoms with Gasteiger partial charge in [0.05, 0.1) is 7.11 Å². The van der Waals surface area contributed by atoms with Crippen molar-refractivity contribution >= 4 is 5.97 Å². The number of hydrogen-bond acceptors (Lipinski definition) is 2. The first-order chi connectivity index (χ1) is 6.60. The van der Waals surface area contributed by atoms with E-state index < -0.39 is 11.8 Å². The lowest BCUT2D eigenvalue weighted by Crippen LogP contribution is -2.03. The molecule has 0 atom stereocenters. The summed E-state index contributed by atoms with van der Waals surface area (Å²) in [5.41, 5.74) is 0.369. The zero-order valence-electron chi connectivity index (χ0n) is 8.00. The van der Waals surface area contributed by atoms with Gasteiger partial charge in [0, 0.05) is 6.07 Å². The van der Waals surface area contributed by atoms with Crippen molar-refractivity contribution in [3.8, 4) is 5.75 Å². The largest absolute Gasteiger partial charge is 0.496 e. The van der Waals surface area contributed by atoms with E-state index in [9.17, 15) is 9.18 Å². The Hall–Kier alpha value is -1.58. The van der Waals surface area contributed by atoms with E-state index in [1.54, 1.807) is 6.92 Å². The van der Waals surface area contributed by atoms with Crippen molar-refractivity contribution < 1.29 is 19.0 Å². The van der Waals surface area contributed by atoms with Crippen LogP contribution in [0.15, 0.2) is 12.1 Å². The summed E-state index contributed by atoms with van der Waals surface area (Å²) in [7, 11) is 1.31. The number of rotatable bonds is 3. The van der Waals surface area contributed by atoms with Crippen molar-refractivity contribution in [2.24, 2.45) is 0 Å². The van der Waals surface area contributed by atoms with Gasteiger partial charge in [-0.1, -0.05) is 6.92 Å². The van der Waals surface area contributed by atoms with E-state index in [1.807, 2.05) is 0 Å². The Morgan fingerprint density at radius 2 is 2.21 bits per heavy atom. The van der Waals surface area contributed by atoms with Crippen molar-refractivity contribution in [3.63, 3.8) is 0 Å². The van der Waals surface area contributed by atoms with Crippen molar-refractivity contribution in [2.45, 2.75) is 13.3 Å². The van der Waals surface area contributed by atoms with Gasteiger partial charge in [0.1, 0.15) is 17.1 Å². The third kappa shape index (κ3) is 1.84. The molecule has 4 heteroatoms. The molecule has 0 aromatic heterocycles. The highest BCUT2D eigenvalue weighted by Crippen LogP contribution is 2.23. The normalized spacial score (nSPS) is 9.93. The van der Waals surface area contributed by atoms with Gasteiger partial charge in [-0.2, -0.15) is 0 Å². The van der Waals surface area contributed by atoms with Crippen LogP contribution in [0.1, 0.15) is 22.8 Å². The molecule has 1 N–H and O–H groups in total. The maximum absolute atomic E-state index is 13.2. The number of halogens is 1. The number of benzene rings is 1. The number of aromatic carboxylic acids is 1. The highest BCUT2D eigenvalue weighted by Gasteiger charge is 2.14. The molecule has 0 aliphatic heterocycles. The van der Waals surface area contributed by atoms with Crippen LogP contribution in [0, 0.1) is 5.82 Å². The van der Waals surface area contributed by atoms with Crippen LogP contribution in [-0.2, 0) is 6.42 Å². The number of aryl methyl sites for hydroxylation is 1. The summed E-state index contributed by atoms with van der Waals surface area (Å²) in [5, 5.41) is 8.81. The zero-order valence-corrected chi connectivity index (χ0v) is 8.00. The molecule has 0 saturated heterocycles. The number of ether oxygens (including phenoxy) is 1. The van der Waals surface area contributed by atoms with E-state index >= 15 is 0 Å². The lowest BCUT2D eigenvalue weighted by Gasteiger charge is -2.07. The lowest BCUT2D eigenvalue weighted by atomic mass is 10.1.